The molecule has 0 aromatic carbocycles. The Morgan fingerprint density at radius 3 is 2.42 bits per heavy atom. The van der Waals surface area contributed by atoms with E-state index in [1.54, 1.807) is 0 Å². The first-order valence-corrected chi connectivity index (χ1v) is 10.0. The average molecular weight is 359 g/mol. The molecule has 0 saturated carbocycles. The van der Waals surface area contributed by atoms with Crippen LogP contribution in [-0.4, -0.2) is 24.2 Å². The summed E-state index contributed by atoms with van der Waals surface area (Å²) in [5.41, 5.74) is 4.43. The predicted molar refractivity (Wildman–Crippen MR) is 108 cm³/mol. The van der Waals surface area contributed by atoms with Crippen molar-refractivity contribution in [2.24, 2.45) is 0 Å². The fourth-order valence-corrected chi connectivity index (χ4v) is 3.11. The van der Waals surface area contributed by atoms with Crippen molar-refractivity contribution >= 4 is 5.70 Å². The van der Waals surface area contributed by atoms with E-state index in [-0.39, 0.29) is 6.10 Å². The van der Waals surface area contributed by atoms with Crippen molar-refractivity contribution in [2.45, 2.75) is 72.8 Å². The van der Waals surface area contributed by atoms with Crippen molar-refractivity contribution < 1.29 is 9.47 Å². The van der Waals surface area contributed by atoms with Gasteiger partial charge < -0.3 is 14.8 Å². The predicted octanol–water partition coefficient (Wildman–Crippen LogP) is 5.42. The number of hydrogen-bond donors (Lipinski definition) is 1. The van der Waals surface area contributed by atoms with E-state index in [1.807, 2.05) is 6.92 Å². The standard InChI is InChI=1S/C22H34N2O2/c1-7-16-13-18(26-17(8-2)9-3)14-23-21(16)19-11-12-20(15(5)6)24-22(19)25-10-4/h11-13,15,17,23H,7-10,14H2,1-6H3. The molecule has 0 bridgehead atoms. The lowest BCUT2D eigenvalue weighted by Gasteiger charge is -2.26. The molecule has 2 heterocycles. The molecule has 0 saturated heterocycles. The van der Waals surface area contributed by atoms with Gasteiger partial charge in [-0.1, -0.05) is 34.6 Å². The number of rotatable bonds is 9. The van der Waals surface area contributed by atoms with Crippen molar-refractivity contribution in [3.05, 3.63) is 40.8 Å². The summed E-state index contributed by atoms with van der Waals surface area (Å²) in [7, 11) is 0. The van der Waals surface area contributed by atoms with Gasteiger partial charge in [-0.25, -0.2) is 4.98 Å². The topological polar surface area (TPSA) is 43.4 Å². The molecule has 0 spiro atoms. The second-order valence-electron chi connectivity index (χ2n) is 6.95. The second kappa shape index (κ2) is 9.65. The average Bonchev–Trinajstić information content (AvgIpc) is 2.66. The molecule has 0 aliphatic carbocycles. The van der Waals surface area contributed by atoms with E-state index in [0.29, 0.717) is 24.9 Å². The fourth-order valence-electron chi connectivity index (χ4n) is 3.11. The second-order valence-corrected chi connectivity index (χ2v) is 6.95. The van der Waals surface area contributed by atoms with Crippen molar-refractivity contribution in [3.8, 4) is 5.88 Å². The lowest BCUT2D eigenvalue weighted by Crippen LogP contribution is -2.25. The summed E-state index contributed by atoms with van der Waals surface area (Å²) in [5, 5.41) is 3.55. The van der Waals surface area contributed by atoms with Crippen molar-refractivity contribution in [2.75, 3.05) is 13.2 Å². The first-order chi connectivity index (χ1) is 12.5. The lowest BCUT2D eigenvalue weighted by atomic mass is 10.00. The molecule has 4 heteroatoms. The molecule has 0 fully saturated rings. The maximum atomic E-state index is 6.15. The first kappa shape index (κ1) is 20.3. The molecule has 1 aliphatic heterocycles. The maximum Gasteiger partial charge on any atom is 0.223 e. The molecule has 1 N–H and O–H groups in total. The van der Waals surface area contributed by atoms with Crippen LogP contribution in [0.5, 0.6) is 5.88 Å². The molecule has 4 nitrogen and oxygen atoms in total. The van der Waals surface area contributed by atoms with Gasteiger partial charge in [-0.3, -0.25) is 0 Å². The fraction of sp³-hybridized carbons (Fsp3) is 0.591. The van der Waals surface area contributed by atoms with E-state index in [0.717, 1.165) is 42.0 Å². The van der Waals surface area contributed by atoms with E-state index in [1.165, 1.54) is 5.57 Å². The Morgan fingerprint density at radius 2 is 1.85 bits per heavy atom. The van der Waals surface area contributed by atoms with Crippen molar-refractivity contribution in [3.63, 3.8) is 0 Å². The Hall–Kier alpha value is -1.97. The molecule has 1 aromatic heterocycles. The number of aromatic nitrogens is 1. The summed E-state index contributed by atoms with van der Waals surface area (Å²) < 4.78 is 12.0. The van der Waals surface area contributed by atoms with Gasteiger partial charge in [0.05, 0.1) is 30.5 Å². The quantitative estimate of drug-likeness (QED) is 0.640. The number of nitrogens with zero attached hydrogens (tertiary/aromatic N) is 1. The zero-order chi connectivity index (χ0) is 19.1. The van der Waals surface area contributed by atoms with Crippen LogP contribution in [0.1, 0.15) is 78.0 Å². The third kappa shape index (κ3) is 4.80. The molecule has 0 radical (unpaired) electrons. The smallest absolute Gasteiger partial charge is 0.223 e. The maximum absolute atomic E-state index is 6.15. The zero-order valence-electron chi connectivity index (χ0n) is 17.2. The Balaban J connectivity index is 2.39. The van der Waals surface area contributed by atoms with Crippen molar-refractivity contribution in [1.29, 1.82) is 0 Å². The molecule has 2 rings (SSSR count). The normalized spacial score (nSPS) is 14.5. The van der Waals surface area contributed by atoms with Crippen LogP contribution in [0.4, 0.5) is 0 Å². The minimum Gasteiger partial charge on any atom is -0.493 e. The summed E-state index contributed by atoms with van der Waals surface area (Å²) in [4.78, 5) is 4.75. The molecule has 1 aromatic rings. The van der Waals surface area contributed by atoms with Gasteiger partial charge in [0.25, 0.3) is 0 Å². The summed E-state index contributed by atoms with van der Waals surface area (Å²) in [5.74, 6) is 2.11. The van der Waals surface area contributed by atoms with Crippen LogP contribution < -0.4 is 10.1 Å². The minimum atomic E-state index is 0.286. The van der Waals surface area contributed by atoms with Gasteiger partial charge in [0.2, 0.25) is 5.88 Å². The highest BCUT2D eigenvalue weighted by molar-refractivity contribution is 5.74. The van der Waals surface area contributed by atoms with Crippen LogP contribution in [0.3, 0.4) is 0 Å². The molecule has 0 amide bonds. The Morgan fingerprint density at radius 1 is 1.12 bits per heavy atom. The van der Waals surface area contributed by atoms with E-state index >= 15 is 0 Å². The highest BCUT2D eigenvalue weighted by Gasteiger charge is 2.20. The van der Waals surface area contributed by atoms with Crippen LogP contribution in [-0.2, 0) is 4.74 Å². The first-order valence-electron chi connectivity index (χ1n) is 10.0. The summed E-state index contributed by atoms with van der Waals surface area (Å²) in [6.45, 7) is 14.1. The number of ether oxygens (including phenoxy) is 2. The number of hydrogen-bond acceptors (Lipinski definition) is 4. The molecule has 1 aliphatic rings. The lowest BCUT2D eigenvalue weighted by molar-refractivity contribution is 0.105. The van der Waals surface area contributed by atoms with Crippen LogP contribution in [0.2, 0.25) is 0 Å². The van der Waals surface area contributed by atoms with Gasteiger partial charge in [0, 0.05) is 5.69 Å². The van der Waals surface area contributed by atoms with E-state index in [9.17, 15) is 0 Å². The Bertz CT molecular complexity index is 658. The molecule has 144 valence electrons. The van der Waals surface area contributed by atoms with Gasteiger partial charge in [-0.05, 0) is 55.9 Å². The van der Waals surface area contributed by atoms with Crippen molar-refractivity contribution in [1.82, 2.24) is 10.3 Å². The molecular formula is C22H34N2O2. The van der Waals surface area contributed by atoms with E-state index in [4.69, 9.17) is 14.5 Å². The van der Waals surface area contributed by atoms with E-state index < -0.39 is 0 Å². The monoisotopic (exact) mass is 358 g/mol. The molecule has 26 heavy (non-hydrogen) atoms. The number of allylic oxidation sites excluding steroid dienone is 2. The SMILES string of the molecule is CCOc1nc(C(C)C)ccc1C1=C(CC)C=C(OC(CC)CC)CN1. The highest BCUT2D eigenvalue weighted by atomic mass is 16.5. The summed E-state index contributed by atoms with van der Waals surface area (Å²) in [6.07, 6.45) is 5.46. The Labute approximate surface area is 158 Å². The van der Waals surface area contributed by atoms with Gasteiger partial charge in [-0.15, -0.1) is 0 Å². The minimum absolute atomic E-state index is 0.286. The summed E-state index contributed by atoms with van der Waals surface area (Å²) >= 11 is 0. The molecular weight excluding hydrogens is 324 g/mol. The van der Waals surface area contributed by atoms with Gasteiger partial charge in [0.15, 0.2) is 0 Å². The number of pyridine rings is 1. The Kier molecular flexibility index (Phi) is 7.55. The van der Waals surface area contributed by atoms with Crippen LogP contribution in [0, 0.1) is 0 Å². The number of dihydropyridines is 1. The highest BCUT2D eigenvalue weighted by Crippen LogP contribution is 2.31. The van der Waals surface area contributed by atoms with Crippen LogP contribution >= 0.6 is 0 Å². The van der Waals surface area contributed by atoms with E-state index in [2.05, 4.69) is 58.1 Å². The van der Waals surface area contributed by atoms with Crippen LogP contribution in [0.25, 0.3) is 5.70 Å². The third-order valence-electron chi connectivity index (χ3n) is 4.73. The third-order valence-corrected chi connectivity index (χ3v) is 4.73. The molecule has 0 atom stereocenters. The van der Waals surface area contributed by atoms with Gasteiger partial charge in [-0.2, -0.15) is 0 Å². The van der Waals surface area contributed by atoms with Gasteiger partial charge >= 0.3 is 0 Å². The number of nitrogens with one attached hydrogen (secondary N) is 1. The molecule has 0 unspecified atom stereocenters. The zero-order valence-corrected chi connectivity index (χ0v) is 17.2. The summed E-state index contributed by atoms with van der Waals surface area (Å²) in [6, 6.07) is 4.23. The largest absolute Gasteiger partial charge is 0.493 e. The van der Waals surface area contributed by atoms with Crippen LogP contribution in [0.15, 0.2) is 29.5 Å². The van der Waals surface area contributed by atoms with Gasteiger partial charge in [0.1, 0.15) is 5.76 Å².